The normalized spacial score (nSPS) is 13.4. The highest BCUT2D eigenvalue weighted by molar-refractivity contribution is 5.45. The number of hydrogen-bond donors (Lipinski definition) is 1. The summed E-state index contributed by atoms with van der Waals surface area (Å²) in [5.74, 6) is 2.07. The van der Waals surface area contributed by atoms with Gasteiger partial charge >= 0.3 is 0 Å². The SMILES string of the molecule is CCc1nc(C(C)c2ccccc2)c(N)n1C(C)(C)C. The Hall–Kier alpha value is -1.77. The number of aromatic nitrogens is 2. The molecule has 1 aromatic carbocycles. The Balaban J connectivity index is 2.51. The minimum absolute atomic E-state index is 0.0446. The summed E-state index contributed by atoms with van der Waals surface area (Å²) in [5.41, 5.74) is 8.60. The van der Waals surface area contributed by atoms with Crippen molar-refractivity contribution in [2.45, 2.75) is 52.5 Å². The van der Waals surface area contributed by atoms with Crippen LogP contribution in [0.2, 0.25) is 0 Å². The standard InChI is InChI=1S/C17H25N3/c1-6-14-19-15(16(18)20(14)17(3,4)5)12(2)13-10-8-7-9-11-13/h7-12H,6,18H2,1-5H3. The lowest BCUT2D eigenvalue weighted by atomic mass is 9.97. The molecule has 1 atom stereocenters. The topological polar surface area (TPSA) is 43.8 Å². The molecule has 0 aliphatic carbocycles. The number of nitrogens with two attached hydrogens (primary N) is 1. The van der Waals surface area contributed by atoms with Crippen molar-refractivity contribution in [3.05, 3.63) is 47.4 Å². The van der Waals surface area contributed by atoms with E-state index in [1.54, 1.807) is 0 Å². The average Bonchev–Trinajstić information content (AvgIpc) is 2.75. The second-order valence-corrected chi connectivity index (χ2v) is 6.29. The van der Waals surface area contributed by atoms with Gasteiger partial charge in [-0.05, 0) is 26.3 Å². The molecule has 0 amide bonds. The number of aryl methyl sites for hydroxylation is 1. The van der Waals surface area contributed by atoms with E-state index in [0.29, 0.717) is 0 Å². The minimum atomic E-state index is -0.0446. The zero-order valence-corrected chi connectivity index (χ0v) is 13.1. The van der Waals surface area contributed by atoms with Gasteiger partial charge in [-0.3, -0.25) is 0 Å². The molecule has 0 radical (unpaired) electrons. The van der Waals surface area contributed by atoms with Gasteiger partial charge in [0.1, 0.15) is 11.6 Å². The molecule has 3 nitrogen and oxygen atoms in total. The van der Waals surface area contributed by atoms with Crippen LogP contribution in [0.25, 0.3) is 0 Å². The first-order valence-electron chi connectivity index (χ1n) is 7.28. The summed E-state index contributed by atoms with van der Waals surface area (Å²) < 4.78 is 2.17. The van der Waals surface area contributed by atoms with Gasteiger partial charge < -0.3 is 10.3 Å². The molecule has 108 valence electrons. The third-order valence-electron chi connectivity index (χ3n) is 3.71. The summed E-state index contributed by atoms with van der Waals surface area (Å²) in [7, 11) is 0. The molecule has 1 aromatic heterocycles. The summed E-state index contributed by atoms with van der Waals surface area (Å²) in [6, 6.07) is 10.4. The van der Waals surface area contributed by atoms with Gasteiger partial charge in [0.05, 0.1) is 5.69 Å². The molecule has 0 bridgehead atoms. The summed E-state index contributed by atoms with van der Waals surface area (Å²) in [4.78, 5) is 4.81. The molecule has 0 saturated carbocycles. The van der Waals surface area contributed by atoms with Crippen LogP contribution in [-0.4, -0.2) is 9.55 Å². The Morgan fingerprint density at radius 1 is 1.20 bits per heavy atom. The van der Waals surface area contributed by atoms with Crippen LogP contribution in [0, 0.1) is 0 Å². The van der Waals surface area contributed by atoms with Gasteiger partial charge in [0.25, 0.3) is 0 Å². The largest absolute Gasteiger partial charge is 0.384 e. The zero-order chi connectivity index (χ0) is 14.9. The molecule has 2 N–H and O–H groups in total. The van der Waals surface area contributed by atoms with Crippen molar-refractivity contribution in [1.29, 1.82) is 0 Å². The molecule has 2 rings (SSSR count). The predicted octanol–water partition coefficient (Wildman–Crippen LogP) is 3.93. The second-order valence-electron chi connectivity index (χ2n) is 6.29. The van der Waals surface area contributed by atoms with E-state index in [9.17, 15) is 0 Å². The molecule has 0 aliphatic heterocycles. The first-order chi connectivity index (χ1) is 9.36. The lowest BCUT2D eigenvalue weighted by molar-refractivity contribution is 0.389. The van der Waals surface area contributed by atoms with Crippen molar-refractivity contribution in [3.63, 3.8) is 0 Å². The highest BCUT2D eigenvalue weighted by Crippen LogP contribution is 2.32. The fourth-order valence-electron chi connectivity index (χ4n) is 2.70. The molecule has 1 unspecified atom stereocenters. The third-order valence-corrected chi connectivity index (χ3v) is 3.71. The number of nitrogen functional groups attached to an aromatic ring is 1. The monoisotopic (exact) mass is 271 g/mol. The molecule has 0 fully saturated rings. The van der Waals surface area contributed by atoms with Gasteiger partial charge in [-0.1, -0.05) is 44.2 Å². The minimum Gasteiger partial charge on any atom is -0.384 e. The van der Waals surface area contributed by atoms with E-state index in [-0.39, 0.29) is 11.5 Å². The van der Waals surface area contributed by atoms with E-state index in [0.717, 1.165) is 23.8 Å². The van der Waals surface area contributed by atoms with E-state index in [1.807, 2.05) is 6.07 Å². The maximum atomic E-state index is 6.40. The molecule has 20 heavy (non-hydrogen) atoms. The summed E-state index contributed by atoms with van der Waals surface area (Å²) in [5, 5.41) is 0. The molecular formula is C17H25N3. The van der Waals surface area contributed by atoms with Crippen molar-refractivity contribution in [2.75, 3.05) is 5.73 Å². The van der Waals surface area contributed by atoms with Gasteiger partial charge in [-0.25, -0.2) is 4.98 Å². The number of nitrogens with zero attached hydrogens (tertiary/aromatic N) is 2. The molecule has 0 saturated heterocycles. The van der Waals surface area contributed by atoms with Gasteiger partial charge in [-0.2, -0.15) is 0 Å². The number of anilines is 1. The molecule has 3 heteroatoms. The summed E-state index contributed by atoms with van der Waals surface area (Å²) in [6.45, 7) is 10.8. The van der Waals surface area contributed by atoms with Crippen LogP contribution in [0.4, 0.5) is 5.82 Å². The highest BCUT2D eigenvalue weighted by atomic mass is 15.2. The Labute approximate surface area is 121 Å². The van der Waals surface area contributed by atoms with Crippen LogP contribution < -0.4 is 5.73 Å². The van der Waals surface area contributed by atoms with Crippen LogP contribution in [0.15, 0.2) is 30.3 Å². The second kappa shape index (κ2) is 5.31. The summed E-state index contributed by atoms with van der Waals surface area (Å²) >= 11 is 0. The van der Waals surface area contributed by atoms with Gasteiger partial charge in [0.15, 0.2) is 0 Å². The lowest BCUT2D eigenvalue weighted by Crippen LogP contribution is -2.25. The van der Waals surface area contributed by atoms with E-state index < -0.39 is 0 Å². The van der Waals surface area contributed by atoms with Gasteiger partial charge in [0, 0.05) is 17.9 Å². The van der Waals surface area contributed by atoms with Gasteiger partial charge in [0.2, 0.25) is 0 Å². The fraction of sp³-hybridized carbons (Fsp3) is 0.471. The van der Waals surface area contributed by atoms with Crippen LogP contribution in [0.1, 0.15) is 57.6 Å². The molecule has 0 aliphatic rings. The Morgan fingerprint density at radius 2 is 1.80 bits per heavy atom. The van der Waals surface area contributed by atoms with E-state index in [4.69, 9.17) is 10.7 Å². The van der Waals surface area contributed by atoms with Crippen LogP contribution >= 0.6 is 0 Å². The molecular weight excluding hydrogens is 246 g/mol. The molecule has 2 aromatic rings. The van der Waals surface area contributed by atoms with Crippen molar-refractivity contribution in [2.24, 2.45) is 0 Å². The number of hydrogen-bond acceptors (Lipinski definition) is 2. The smallest absolute Gasteiger partial charge is 0.127 e. The Bertz CT molecular complexity index is 576. The fourth-order valence-corrected chi connectivity index (χ4v) is 2.70. The predicted molar refractivity (Wildman–Crippen MR) is 85.0 cm³/mol. The van der Waals surface area contributed by atoms with Gasteiger partial charge in [-0.15, -0.1) is 0 Å². The zero-order valence-electron chi connectivity index (χ0n) is 13.1. The number of rotatable bonds is 3. The van der Waals surface area contributed by atoms with Crippen molar-refractivity contribution >= 4 is 5.82 Å². The third kappa shape index (κ3) is 2.58. The maximum absolute atomic E-state index is 6.40. The number of imidazole rings is 1. The van der Waals surface area contributed by atoms with Crippen LogP contribution in [-0.2, 0) is 12.0 Å². The Morgan fingerprint density at radius 3 is 2.25 bits per heavy atom. The quantitative estimate of drug-likeness (QED) is 0.919. The lowest BCUT2D eigenvalue weighted by Gasteiger charge is -2.25. The first kappa shape index (κ1) is 14.6. The van der Waals surface area contributed by atoms with Crippen molar-refractivity contribution in [3.8, 4) is 0 Å². The highest BCUT2D eigenvalue weighted by Gasteiger charge is 2.25. The molecule has 0 spiro atoms. The van der Waals surface area contributed by atoms with Crippen molar-refractivity contribution < 1.29 is 0 Å². The number of benzene rings is 1. The van der Waals surface area contributed by atoms with E-state index in [2.05, 4.69) is 63.5 Å². The summed E-state index contributed by atoms with van der Waals surface area (Å²) in [6.07, 6.45) is 0.892. The van der Waals surface area contributed by atoms with Crippen LogP contribution in [0.5, 0.6) is 0 Å². The van der Waals surface area contributed by atoms with E-state index in [1.165, 1.54) is 5.56 Å². The van der Waals surface area contributed by atoms with E-state index >= 15 is 0 Å². The average molecular weight is 271 g/mol. The Kier molecular flexibility index (Phi) is 3.89. The molecule has 1 heterocycles. The maximum Gasteiger partial charge on any atom is 0.127 e. The van der Waals surface area contributed by atoms with Crippen LogP contribution in [0.3, 0.4) is 0 Å². The van der Waals surface area contributed by atoms with Crippen molar-refractivity contribution in [1.82, 2.24) is 9.55 Å². The first-order valence-corrected chi connectivity index (χ1v) is 7.28.